The number of carbonyl (C=O) groups excluding carboxylic acids is 1. The summed E-state index contributed by atoms with van der Waals surface area (Å²) < 4.78 is 0. The standard InChI is InChI=1S/C15H13NO/c16-15(13-9-5-2-6-10-13)14(11-17)12-7-3-1-4-8-12/h1-11H,16H2/b15-14+. The lowest BCUT2D eigenvalue weighted by atomic mass is 10.0. The predicted octanol–water partition coefficient (Wildman–Crippen LogP) is 2.71. The maximum Gasteiger partial charge on any atom is 0.152 e. The van der Waals surface area contributed by atoms with Crippen molar-refractivity contribution in [3.8, 4) is 0 Å². The van der Waals surface area contributed by atoms with Gasteiger partial charge in [0.1, 0.15) is 0 Å². The third-order valence-electron chi connectivity index (χ3n) is 2.58. The van der Waals surface area contributed by atoms with Gasteiger partial charge >= 0.3 is 0 Å². The van der Waals surface area contributed by atoms with Crippen LogP contribution in [0.15, 0.2) is 60.7 Å². The summed E-state index contributed by atoms with van der Waals surface area (Å²) >= 11 is 0. The highest BCUT2D eigenvalue weighted by Crippen LogP contribution is 2.20. The van der Waals surface area contributed by atoms with Gasteiger partial charge in [0.15, 0.2) is 6.29 Å². The van der Waals surface area contributed by atoms with Crippen LogP contribution in [0.25, 0.3) is 11.3 Å². The first kappa shape index (κ1) is 11.1. The maximum absolute atomic E-state index is 11.2. The zero-order chi connectivity index (χ0) is 12.1. The molecule has 0 heterocycles. The van der Waals surface area contributed by atoms with Gasteiger partial charge in [-0.15, -0.1) is 0 Å². The molecule has 0 aliphatic rings. The molecule has 84 valence electrons. The first-order valence-electron chi connectivity index (χ1n) is 5.38. The smallest absolute Gasteiger partial charge is 0.152 e. The third kappa shape index (κ3) is 2.42. The largest absolute Gasteiger partial charge is 0.398 e. The van der Waals surface area contributed by atoms with Crippen molar-refractivity contribution < 1.29 is 4.79 Å². The first-order valence-corrected chi connectivity index (χ1v) is 5.38. The molecule has 0 aliphatic heterocycles. The number of hydrogen-bond donors (Lipinski definition) is 1. The molecule has 0 aliphatic carbocycles. The average Bonchev–Trinajstić information content (AvgIpc) is 2.42. The van der Waals surface area contributed by atoms with E-state index < -0.39 is 0 Å². The van der Waals surface area contributed by atoms with E-state index in [-0.39, 0.29) is 0 Å². The molecule has 2 rings (SSSR count). The lowest BCUT2D eigenvalue weighted by Gasteiger charge is -2.07. The Morgan fingerprint density at radius 2 is 1.29 bits per heavy atom. The summed E-state index contributed by atoms with van der Waals surface area (Å²) in [7, 11) is 0. The molecule has 0 bridgehead atoms. The molecule has 0 saturated carbocycles. The highest BCUT2D eigenvalue weighted by molar-refractivity contribution is 6.16. The fourth-order valence-electron chi connectivity index (χ4n) is 1.68. The maximum atomic E-state index is 11.2. The van der Waals surface area contributed by atoms with E-state index in [1.165, 1.54) is 0 Å². The second-order valence-corrected chi connectivity index (χ2v) is 3.68. The van der Waals surface area contributed by atoms with Gasteiger partial charge in [-0.3, -0.25) is 4.79 Å². The van der Waals surface area contributed by atoms with Crippen molar-refractivity contribution in [1.82, 2.24) is 0 Å². The van der Waals surface area contributed by atoms with Crippen LogP contribution in [0.2, 0.25) is 0 Å². The highest BCUT2D eigenvalue weighted by atomic mass is 16.1. The fourth-order valence-corrected chi connectivity index (χ4v) is 1.68. The highest BCUT2D eigenvalue weighted by Gasteiger charge is 2.06. The van der Waals surface area contributed by atoms with Gasteiger partial charge in [-0.2, -0.15) is 0 Å². The number of nitrogens with two attached hydrogens (primary N) is 1. The molecular weight excluding hydrogens is 210 g/mol. The van der Waals surface area contributed by atoms with E-state index in [1.54, 1.807) is 0 Å². The molecule has 17 heavy (non-hydrogen) atoms. The number of carbonyl (C=O) groups is 1. The topological polar surface area (TPSA) is 43.1 Å². The minimum atomic E-state index is 0.506. The van der Waals surface area contributed by atoms with E-state index in [4.69, 9.17) is 5.73 Å². The fraction of sp³-hybridized carbons (Fsp3) is 0. The predicted molar refractivity (Wildman–Crippen MR) is 69.9 cm³/mol. The minimum absolute atomic E-state index is 0.506. The Labute approximate surface area is 100 Å². The Balaban J connectivity index is 2.52. The van der Waals surface area contributed by atoms with Gasteiger partial charge in [0.2, 0.25) is 0 Å². The van der Waals surface area contributed by atoms with Crippen LogP contribution in [-0.4, -0.2) is 6.29 Å². The van der Waals surface area contributed by atoms with Crippen LogP contribution in [0.3, 0.4) is 0 Å². The summed E-state index contributed by atoms with van der Waals surface area (Å²) in [5.74, 6) is 0. The van der Waals surface area contributed by atoms with Crippen LogP contribution in [0.4, 0.5) is 0 Å². The zero-order valence-electron chi connectivity index (χ0n) is 9.34. The second-order valence-electron chi connectivity index (χ2n) is 3.68. The lowest BCUT2D eigenvalue weighted by molar-refractivity contribution is -0.103. The van der Waals surface area contributed by atoms with Gasteiger partial charge in [-0.25, -0.2) is 0 Å². The molecule has 0 radical (unpaired) electrons. The molecule has 2 heteroatoms. The van der Waals surface area contributed by atoms with Crippen molar-refractivity contribution in [3.05, 3.63) is 71.8 Å². The minimum Gasteiger partial charge on any atom is -0.398 e. The van der Waals surface area contributed by atoms with Gasteiger partial charge in [0.25, 0.3) is 0 Å². The molecule has 2 aromatic carbocycles. The van der Waals surface area contributed by atoms with Crippen LogP contribution in [0.1, 0.15) is 11.1 Å². The number of hydrogen-bond acceptors (Lipinski definition) is 2. The van der Waals surface area contributed by atoms with Crippen molar-refractivity contribution in [3.63, 3.8) is 0 Å². The quantitative estimate of drug-likeness (QED) is 0.494. The van der Waals surface area contributed by atoms with Crippen LogP contribution < -0.4 is 5.73 Å². The van der Waals surface area contributed by atoms with Crippen LogP contribution in [-0.2, 0) is 4.79 Å². The average molecular weight is 223 g/mol. The molecule has 0 fully saturated rings. The van der Waals surface area contributed by atoms with E-state index in [0.717, 1.165) is 17.4 Å². The van der Waals surface area contributed by atoms with Gasteiger partial charge in [-0.05, 0) is 11.1 Å². The van der Waals surface area contributed by atoms with E-state index in [0.29, 0.717) is 11.3 Å². The molecule has 0 aromatic heterocycles. The SMILES string of the molecule is N/C(=C(\C=O)c1ccccc1)c1ccccc1. The molecule has 0 atom stereocenters. The number of rotatable bonds is 3. The molecule has 0 unspecified atom stereocenters. The van der Waals surface area contributed by atoms with Crippen LogP contribution >= 0.6 is 0 Å². The van der Waals surface area contributed by atoms with Crippen LogP contribution in [0.5, 0.6) is 0 Å². The van der Waals surface area contributed by atoms with Crippen molar-refractivity contribution >= 4 is 17.6 Å². The Morgan fingerprint density at radius 3 is 1.76 bits per heavy atom. The van der Waals surface area contributed by atoms with Crippen molar-refractivity contribution in [2.24, 2.45) is 5.73 Å². The molecule has 0 spiro atoms. The van der Waals surface area contributed by atoms with Gasteiger partial charge < -0.3 is 5.73 Å². The zero-order valence-corrected chi connectivity index (χ0v) is 9.34. The number of allylic oxidation sites excluding steroid dienone is 1. The molecular formula is C15H13NO. The van der Waals surface area contributed by atoms with Gasteiger partial charge in [-0.1, -0.05) is 60.7 Å². The van der Waals surface area contributed by atoms with Gasteiger partial charge in [0, 0.05) is 11.3 Å². The summed E-state index contributed by atoms with van der Waals surface area (Å²) in [5, 5.41) is 0. The monoisotopic (exact) mass is 223 g/mol. The normalized spacial score (nSPS) is 11.8. The van der Waals surface area contributed by atoms with Crippen molar-refractivity contribution in [1.29, 1.82) is 0 Å². The molecule has 2 nitrogen and oxygen atoms in total. The van der Waals surface area contributed by atoms with Crippen molar-refractivity contribution in [2.75, 3.05) is 0 Å². The first-order chi connectivity index (χ1) is 8.33. The number of benzene rings is 2. The molecule has 0 amide bonds. The molecule has 0 saturated heterocycles. The Kier molecular flexibility index (Phi) is 3.36. The summed E-state index contributed by atoms with van der Waals surface area (Å²) in [6.45, 7) is 0. The summed E-state index contributed by atoms with van der Waals surface area (Å²) in [6.07, 6.45) is 0.803. The van der Waals surface area contributed by atoms with E-state index in [9.17, 15) is 4.79 Å². The van der Waals surface area contributed by atoms with Crippen molar-refractivity contribution in [2.45, 2.75) is 0 Å². The van der Waals surface area contributed by atoms with E-state index in [2.05, 4.69) is 0 Å². The summed E-state index contributed by atoms with van der Waals surface area (Å²) in [4.78, 5) is 11.2. The number of aldehydes is 1. The Morgan fingerprint density at radius 1 is 0.824 bits per heavy atom. The van der Waals surface area contributed by atoms with E-state index >= 15 is 0 Å². The summed E-state index contributed by atoms with van der Waals surface area (Å²) in [5.41, 5.74) is 8.76. The van der Waals surface area contributed by atoms with E-state index in [1.807, 2.05) is 60.7 Å². The Hall–Kier alpha value is -2.35. The molecule has 2 aromatic rings. The molecule has 2 N–H and O–H groups in total. The lowest BCUT2D eigenvalue weighted by Crippen LogP contribution is -2.02. The second kappa shape index (κ2) is 5.12. The third-order valence-corrected chi connectivity index (χ3v) is 2.58. The summed E-state index contributed by atoms with van der Waals surface area (Å²) in [6, 6.07) is 18.9. The van der Waals surface area contributed by atoms with Crippen LogP contribution in [0, 0.1) is 0 Å². The Bertz CT molecular complexity index is 529. The van der Waals surface area contributed by atoms with Gasteiger partial charge in [0.05, 0.1) is 0 Å².